The molecule has 0 heterocycles. The standard InChI is InChI=1S/C20H31N3O/c1-3-21-19(22-14-20(24)11-6-12-20)23-15(2)17-10-9-16-7-4-5-8-18(16)13-17/h9-10,13,15,24H,3-8,11-12,14H2,1-2H3,(H2,21,22,23). The molecule has 0 amide bonds. The van der Waals surface area contributed by atoms with Gasteiger partial charge in [-0.1, -0.05) is 18.2 Å². The van der Waals surface area contributed by atoms with Crippen LogP contribution in [0.25, 0.3) is 0 Å². The average Bonchev–Trinajstić information content (AvgIpc) is 2.57. The van der Waals surface area contributed by atoms with Crippen molar-refractivity contribution < 1.29 is 5.11 Å². The number of hydrogen-bond acceptors (Lipinski definition) is 2. The summed E-state index contributed by atoms with van der Waals surface area (Å²) in [5, 5.41) is 17.0. The van der Waals surface area contributed by atoms with E-state index in [9.17, 15) is 5.11 Å². The third-order valence-corrected chi connectivity index (χ3v) is 5.39. The Morgan fingerprint density at radius 3 is 2.62 bits per heavy atom. The second-order valence-electron chi connectivity index (χ2n) is 7.37. The molecule has 0 saturated heterocycles. The van der Waals surface area contributed by atoms with Crippen molar-refractivity contribution in [3.05, 3.63) is 34.9 Å². The zero-order valence-electron chi connectivity index (χ0n) is 15.1. The highest BCUT2D eigenvalue weighted by Gasteiger charge is 2.34. The SMILES string of the molecule is CCNC(=NCC1(O)CCC1)NC(C)c1ccc2c(c1)CCCC2. The fourth-order valence-corrected chi connectivity index (χ4v) is 3.60. The van der Waals surface area contributed by atoms with Crippen molar-refractivity contribution in [3.63, 3.8) is 0 Å². The van der Waals surface area contributed by atoms with Gasteiger partial charge in [0.25, 0.3) is 0 Å². The van der Waals surface area contributed by atoms with E-state index in [1.807, 2.05) is 0 Å². The van der Waals surface area contributed by atoms with Gasteiger partial charge in [0, 0.05) is 6.54 Å². The second-order valence-corrected chi connectivity index (χ2v) is 7.37. The van der Waals surface area contributed by atoms with Gasteiger partial charge in [-0.3, -0.25) is 4.99 Å². The minimum atomic E-state index is -0.572. The van der Waals surface area contributed by atoms with E-state index in [0.29, 0.717) is 6.54 Å². The molecule has 0 radical (unpaired) electrons. The van der Waals surface area contributed by atoms with Gasteiger partial charge in [0.2, 0.25) is 0 Å². The Morgan fingerprint density at radius 1 is 1.21 bits per heavy atom. The van der Waals surface area contributed by atoms with Gasteiger partial charge in [0.05, 0.1) is 18.2 Å². The highest BCUT2D eigenvalue weighted by atomic mass is 16.3. The minimum Gasteiger partial charge on any atom is -0.388 e. The van der Waals surface area contributed by atoms with Crippen LogP contribution in [0.2, 0.25) is 0 Å². The number of aliphatic imine (C=N–C) groups is 1. The minimum absolute atomic E-state index is 0.200. The van der Waals surface area contributed by atoms with Crippen LogP contribution in [0.15, 0.2) is 23.2 Å². The Balaban J connectivity index is 1.66. The first-order chi connectivity index (χ1) is 11.6. The molecule has 4 nitrogen and oxygen atoms in total. The first-order valence-electron chi connectivity index (χ1n) is 9.48. The topological polar surface area (TPSA) is 56.7 Å². The van der Waals surface area contributed by atoms with Gasteiger partial charge in [-0.2, -0.15) is 0 Å². The molecule has 24 heavy (non-hydrogen) atoms. The van der Waals surface area contributed by atoms with Crippen LogP contribution in [0.5, 0.6) is 0 Å². The van der Waals surface area contributed by atoms with Crippen molar-refractivity contribution in [3.8, 4) is 0 Å². The predicted molar refractivity (Wildman–Crippen MR) is 99.4 cm³/mol. The third-order valence-electron chi connectivity index (χ3n) is 5.39. The Bertz CT molecular complexity index is 593. The lowest BCUT2D eigenvalue weighted by atomic mass is 9.80. The Labute approximate surface area is 145 Å². The first-order valence-corrected chi connectivity index (χ1v) is 9.48. The van der Waals surface area contributed by atoms with Gasteiger partial charge in [-0.25, -0.2) is 0 Å². The number of fused-ring (bicyclic) bond motifs is 1. The summed E-state index contributed by atoms with van der Waals surface area (Å²) in [6.07, 6.45) is 7.91. The van der Waals surface area contributed by atoms with E-state index in [-0.39, 0.29) is 6.04 Å². The van der Waals surface area contributed by atoms with Crippen LogP contribution in [-0.2, 0) is 12.8 Å². The van der Waals surface area contributed by atoms with Crippen molar-refractivity contribution in [1.29, 1.82) is 0 Å². The van der Waals surface area contributed by atoms with Crippen LogP contribution in [0.1, 0.15) is 68.7 Å². The van der Waals surface area contributed by atoms with Crippen molar-refractivity contribution in [1.82, 2.24) is 10.6 Å². The zero-order valence-corrected chi connectivity index (χ0v) is 15.1. The lowest BCUT2D eigenvalue weighted by Crippen LogP contribution is -2.43. The van der Waals surface area contributed by atoms with E-state index in [0.717, 1.165) is 31.8 Å². The summed E-state index contributed by atoms with van der Waals surface area (Å²) >= 11 is 0. The molecule has 0 aromatic heterocycles. The summed E-state index contributed by atoms with van der Waals surface area (Å²) in [4.78, 5) is 4.60. The molecule has 1 aromatic rings. The maximum Gasteiger partial charge on any atom is 0.191 e. The van der Waals surface area contributed by atoms with E-state index >= 15 is 0 Å². The lowest BCUT2D eigenvalue weighted by molar-refractivity contribution is -0.0236. The second kappa shape index (κ2) is 7.56. The fourth-order valence-electron chi connectivity index (χ4n) is 3.60. The highest BCUT2D eigenvalue weighted by Crippen LogP contribution is 2.31. The number of aryl methyl sites for hydroxylation is 2. The van der Waals surface area contributed by atoms with Crippen molar-refractivity contribution in [2.75, 3.05) is 13.1 Å². The molecule has 1 atom stereocenters. The number of nitrogens with one attached hydrogen (secondary N) is 2. The van der Waals surface area contributed by atoms with Gasteiger partial charge >= 0.3 is 0 Å². The van der Waals surface area contributed by atoms with Crippen LogP contribution in [0.3, 0.4) is 0 Å². The first kappa shape index (κ1) is 17.3. The molecule has 3 N–H and O–H groups in total. The quantitative estimate of drug-likeness (QED) is 0.575. The molecule has 0 bridgehead atoms. The molecular weight excluding hydrogens is 298 g/mol. The van der Waals surface area contributed by atoms with E-state index in [2.05, 4.69) is 47.7 Å². The van der Waals surface area contributed by atoms with E-state index in [4.69, 9.17) is 0 Å². The summed E-state index contributed by atoms with van der Waals surface area (Å²) in [6.45, 7) is 5.55. The Hall–Kier alpha value is -1.55. The maximum atomic E-state index is 10.2. The summed E-state index contributed by atoms with van der Waals surface area (Å²) in [7, 11) is 0. The van der Waals surface area contributed by atoms with E-state index in [1.54, 1.807) is 0 Å². The van der Waals surface area contributed by atoms with Crippen molar-refractivity contribution in [2.24, 2.45) is 4.99 Å². The number of nitrogens with zero attached hydrogens (tertiary/aromatic N) is 1. The third kappa shape index (κ3) is 4.10. The predicted octanol–water partition coefficient (Wildman–Crippen LogP) is 3.10. The normalized spacial score (nSPS) is 20.7. The Kier molecular flexibility index (Phi) is 5.44. The summed E-state index contributed by atoms with van der Waals surface area (Å²) in [5.74, 6) is 0.794. The number of benzene rings is 1. The largest absolute Gasteiger partial charge is 0.388 e. The van der Waals surface area contributed by atoms with Gasteiger partial charge in [-0.05, 0) is 75.5 Å². The van der Waals surface area contributed by atoms with Crippen LogP contribution in [0, 0.1) is 0 Å². The molecule has 1 fully saturated rings. The summed E-state index contributed by atoms with van der Waals surface area (Å²) in [6, 6.07) is 7.09. The smallest absolute Gasteiger partial charge is 0.191 e. The number of rotatable bonds is 5. The highest BCUT2D eigenvalue weighted by molar-refractivity contribution is 5.80. The molecule has 2 aliphatic carbocycles. The van der Waals surface area contributed by atoms with Crippen LogP contribution < -0.4 is 10.6 Å². The molecule has 1 saturated carbocycles. The molecule has 132 valence electrons. The van der Waals surface area contributed by atoms with Crippen molar-refractivity contribution >= 4 is 5.96 Å². The van der Waals surface area contributed by atoms with Crippen molar-refractivity contribution in [2.45, 2.75) is 70.4 Å². The zero-order chi connectivity index (χ0) is 17.0. The fraction of sp³-hybridized carbons (Fsp3) is 0.650. The molecule has 1 aromatic carbocycles. The molecular formula is C20H31N3O. The van der Waals surface area contributed by atoms with Gasteiger partial charge in [0.15, 0.2) is 5.96 Å². The lowest BCUT2D eigenvalue weighted by Gasteiger charge is -2.35. The van der Waals surface area contributed by atoms with Crippen LogP contribution in [0.4, 0.5) is 0 Å². The number of guanidine groups is 1. The monoisotopic (exact) mass is 329 g/mol. The maximum absolute atomic E-state index is 10.2. The van der Waals surface area contributed by atoms with Crippen LogP contribution >= 0.6 is 0 Å². The summed E-state index contributed by atoms with van der Waals surface area (Å²) < 4.78 is 0. The molecule has 0 spiro atoms. The van der Waals surface area contributed by atoms with Gasteiger partial charge < -0.3 is 15.7 Å². The summed E-state index contributed by atoms with van der Waals surface area (Å²) in [5.41, 5.74) is 3.77. The van der Waals surface area contributed by atoms with Gasteiger partial charge in [-0.15, -0.1) is 0 Å². The van der Waals surface area contributed by atoms with Crippen LogP contribution in [-0.4, -0.2) is 29.8 Å². The van der Waals surface area contributed by atoms with E-state index < -0.39 is 5.60 Å². The molecule has 1 unspecified atom stereocenters. The Morgan fingerprint density at radius 2 is 1.96 bits per heavy atom. The van der Waals surface area contributed by atoms with E-state index in [1.165, 1.54) is 42.4 Å². The molecule has 4 heteroatoms. The number of hydrogen-bond donors (Lipinski definition) is 3. The molecule has 0 aliphatic heterocycles. The average molecular weight is 329 g/mol. The molecule has 3 rings (SSSR count). The molecule has 2 aliphatic rings. The van der Waals surface area contributed by atoms with Gasteiger partial charge in [0.1, 0.15) is 0 Å². The number of aliphatic hydroxyl groups is 1.